The first kappa shape index (κ1) is 19.9. The molecule has 4 aromatic rings. The second kappa shape index (κ2) is 8.98. The normalized spacial score (nSPS) is 10.6. The highest BCUT2D eigenvalue weighted by atomic mass is 32.1. The van der Waals surface area contributed by atoms with Gasteiger partial charge in [0.25, 0.3) is 11.8 Å². The summed E-state index contributed by atoms with van der Waals surface area (Å²) >= 11 is 2.78. The Hall–Kier alpha value is -3.36. The van der Waals surface area contributed by atoms with E-state index in [1.165, 1.54) is 34.8 Å². The van der Waals surface area contributed by atoms with Gasteiger partial charge in [0.2, 0.25) is 0 Å². The van der Waals surface area contributed by atoms with E-state index < -0.39 is 0 Å². The number of nitrogens with zero attached hydrogens (tertiary/aromatic N) is 1. The summed E-state index contributed by atoms with van der Waals surface area (Å²) in [5, 5.41) is 9.58. The molecule has 0 atom stereocenters. The maximum atomic E-state index is 13.0. The molecule has 150 valence electrons. The van der Waals surface area contributed by atoms with Crippen molar-refractivity contribution in [1.82, 2.24) is 4.98 Å². The first-order chi connectivity index (χ1) is 14.6. The third-order valence-corrected chi connectivity index (χ3v) is 5.86. The Labute approximate surface area is 180 Å². The van der Waals surface area contributed by atoms with Crippen LogP contribution in [0.2, 0.25) is 0 Å². The molecule has 0 spiro atoms. The Balaban J connectivity index is 1.45. The van der Waals surface area contributed by atoms with E-state index in [-0.39, 0.29) is 17.6 Å². The van der Waals surface area contributed by atoms with Crippen LogP contribution in [-0.2, 0) is 6.42 Å². The van der Waals surface area contributed by atoms with Crippen molar-refractivity contribution in [2.24, 2.45) is 0 Å². The van der Waals surface area contributed by atoms with E-state index in [1.807, 2.05) is 5.38 Å². The zero-order valence-corrected chi connectivity index (χ0v) is 17.2. The number of benzene rings is 2. The smallest absolute Gasteiger partial charge is 0.259 e. The van der Waals surface area contributed by atoms with Gasteiger partial charge in [0, 0.05) is 22.9 Å². The summed E-state index contributed by atoms with van der Waals surface area (Å²) in [6, 6.07) is 14.8. The molecule has 2 heterocycles. The standard InChI is InChI=1S/C22H16FN3O2S2/c23-16-7-5-14(6-8-16)11-17-12-24-22(30-17)26-21(28)18-3-1-2-4-19(18)25-20(27)15-9-10-29-13-15/h1-10,12-13H,11H2,(H,25,27)(H,24,26,28). The van der Waals surface area contributed by atoms with Gasteiger partial charge in [-0.3, -0.25) is 14.9 Å². The highest BCUT2D eigenvalue weighted by Crippen LogP contribution is 2.24. The van der Waals surface area contributed by atoms with Gasteiger partial charge >= 0.3 is 0 Å². The van der Waals surface area contributed by atoms with Gasteiger partial charge in [0.05, 0.1) is 16.8 Å². The maximum Gasteiger partial charge on any atom is 0.259 e. The lowest BCUT2D eigenvalue weighted by molar-refractivity contribution is 0.102. The summed E-state index contributed by atoms with van der Waals surface area (Å²) in [4.78, 5) is 30.3. The van der Waals surface area contributed by atoms with Crippen molar-refractivity contribution in [2.75, 3.05) is 10.6 Å². The van der Waals surface area contributed by atoms with Crippen LogP contribution in [0, 0.1) is 5.82 Å². The Morgan fingerprint density at radius 2 is 1.77 bits per heavy atom. The molecule has 2 N–H and O–H groups in total. The molecule has 2 amide bonds. The van der Waals surface area contributed by atoms with Crippen LogP contribution in [0.15, 0.2) is 71.6 Å². The van der Waals surface area contributed by atoms with Crippen molar-refractivity contribution >= 4 is 45.3 Å². The molecule has 0 saturated carbocycles. The molecular weight excluding hydrogens is 421 g/mol. The maximum absolute atomic E-state index is 13.0. The number of amides is 2. The fourth-order valence-corrected chi connectivity index (χ4v) is 4.27. The highest BCUT2D eigenvalue weighted by Gasteiger charge is 2.16. The minimum Gasteiger partial charge on any atom is -0.321 e. The number of carbonyl (C=O) groups is 2. The van der Waals surface area contributed by atoms with Gasteiger partial charge in [-0.2, -0.15) is 11.3 Å². The molecule has 0 fully saturated rings. The lowest BCUT2D eigenvalue weighted by atomic mass is 10.1. The number of hydrogen-bond acceptors (Lipinski definition) is 5. The van der Waals surface area contributed by atoms with Gasteiger partial charge in [-0.15, -0.1) is 11.3 Å². The summed E-state index contributed by atoms with van der Waals surface area (Å²) in [5.41, 5.74) is 2.27. The number of aromatic nitrogens is 1. The number of halogens is 1. The van der Waals surface area contributed by atoms with Gasteiger partial charge in [-0.1, -0.05) is 24.3 Å². The van der Waals surface area contributed by atoms with Gasteiger partial charge < -0.3 is 5.32 Å². The van der Waals surface area contributed by atoms with Crippen molar-refractivity contribution in [1.29, 1.82) is 0 Å². The number of carbonyl (C=O) groups excluding carboxylic acids is 2. The fourth-order valence-electron chi connectivity index (χ4n) is 2.79. The molecule has 4 rings (SSSR count). The van der Waals surface area contributed by atoms with Gasteiger partial charge in [0.15, 0.2) is 5.13 Å². The summed E-state index contributed by atoms with van der Waals surface area (Å²) in [7, 11) is 0. The molecule has 0 unspecified atom stereocenters. The van der Waals surface area contributed by atoms with Gasteiger partial charge in [-0.25, -0.2) is 9.37 Å². The number of hydrogen-bond donors (Lipinski definition) is 2. The molecule has 0 bridgehead atoms. The Morgan fingerprint density at radius 1 is 0.967 bits per heavy atom. The molecule has 8 heteroatoms. The fraction of sp³-hybridized carbons (Fsp3) is 0.0455. The average molecular weight is 438 g/mol. The number of para-hydroxylation sites is 1. The van der Waals surface area contributed by atoms with Crippen LogP contribution >= 0.6 is 22.7 Å². The molecule has 30 heavy (non-hydrogen) atoms. The zero-order chi connectivity index (χ0) is 20.9. The van der Waals surface area contributed by atoms with Crippen molar-refractivity contribution in [2.45, 2.75) is 6.42 Å². The van der Waals surface area contributed by atoms with E-state index in [9.17, 15) is 14.0 Å². The van der Waals surface area contributed by atoms with Crippen LogP contribution in [0.1, 0.15) is 31.2 Å². The summed E-state index contributed by atoms with van der Waals surface area (Å²) in [5.74, 6) is -0.910. The highest BCUT2D eigenvalue weighted by molar-refractivity contribution is 7.15. The lowest BCUT2D eigenvalue weighted by Crippen LogP contribution is -2.17. The van der Waals surface area contributed by atoms with Crippen molar-refractivity contribution in [3.8, 4) is 0 Å². The van der Waals surface area contributed by atoms with Gasteiger partial charge in [-0.05, 0) is 41.3 Å². The van der Waals surface area contributed by atoms with Crippen LogP contribution in [0.3, 0.4) is 0 Å². The van der Waals surface area contributed by atoms with Crippen LogP contribution in [0.5, 0.6) is 0 Å². The van der Waals surface area contributed by atoms with E-state index in [4.69, 9.17) is 0 Å². The monoisotopic (exact) mass is 437 g/mol. The van der Waals surface area contributed by atoms with E-state index in [2.05, 4.69) is 15.6 Å². The van der Waals surface area contributed by atoms with Crippen LogP contribution in [0.25, 0.3) is 0 Å². The van der Waals surface area contributed by atoms with E-state index in [1.54, 1.807) is 54.0 Å². The Morgan fingerprint density at radius 3 is 2.53 bits per heavy atom. The van der Waals surface area contributed by atoms with E-state index >= 15 is 0 Å². The molecule has 2 aromatic carbocycles. The molecule has 0 radical (unpaired) electrons. The molecule has 5 nitrogen and oxygen atoms in total. The number of rotatable bonds is 6. The second-order valence-electron chi connectivity index (χ2n) is 6.40. The summed E-state index contributed by atoms with van der Waals surface area (Å²) < 4.78 is 13.0. The number of nitrogens with one attached hydrogen (secondary N) is 2. The Bertz CT molecular complexity index is 1170. The van der Waals surface area contributed by atoms with Gasteiger partial charge in [0.1, 0.15) is 5.82 Å². The van der Waals surface area contributed by atoms with Crippen LogP contribution in [0.4, 0.5) is 15.2 Å². The largest absolute Gasteiger partial charge is 0.321 e. The molecule has 2 aromatic heterocycles. The molecule has 0 aliphatic heterocycles. The number of anilines is 2. The first-order valence-electron chi connectivity index (χ1n) is 9.01. The molecule has 0 aliphatic rings. The lowest BCUT2D eigenvalue weighted by Gasteiger charge is -2.10. The van der Waals surface area contributed by atoms with Crippen molar-refractivity contribution in [3.63, 3.8) is 0 Å². The predicted molar refractivity (Wildman–Crippen MR) is 118 cm³/mol. The minimum absolute atomic E-state index is 0.271. The van der Waals surface area contributed by atoms with Crippen molar-refractivity contribution in [3.05, 3.63) is 98.9 Å². The van der Waals surface area contributed by atoms with E-state index in [0.29, 0.717) is 28.4 Å². The number of thiazole rings is 1. The minimum atomic E-state index is -0.362. The molecule has 0 saturated heterocycles. The molecule has 0 aliphatic carbocycles. The summed E-state index contributed by atoms with van der Waals surface area (Å²) in [6.07, 6.45) is 2.29. The van der Waals surface area contributed by atoms with Crippen LogP contribution in [-0.4, -0.2) is 16.8 Å². The zero-order valence-electron chi connectivity index (χ0n) is 15.6. The summed E-state index contributed by atoms with van der Waals surface area (Å²) in [6.45, 7) is 0. The number of thiophene rings is 1. The average Bonchev–Trinajstić information content (AvgIpc) is 3.42. The SMILES string of the molecule is O=C(Nc1ccccc1C(=O)Nc1ncc(Cc2ccc(F)cc2)s1)c1ccsc1. The molecular formula is C22H16FN3O2S2. The quantitative estimate of drug-likeness (QED) is 0.422. The van der Waals surface area contributed by atoms with E-state index in [0.717, 1.165) is 10.4 Å². The van der Waals surface area contributed by atoms with Crippen molar-refractivity contribution < 1.29 is 14.0 Å². The third kappa shape index (κ3) is 4.79. The first-order valence-corrected chi connectivity index (χ1v) is 10.8. The predicted octanol–water partition coefficient (Wildman–Crippen LogP) is 5.44. The Kier molecular flexibility index (Phi) is 5.97. The third-order valence-electron chi connectivity index (χ3n) is 4.27. The topological polar surface area (TPSA) is 71.1 Å². The second-order valence-corrected chi connectivity index (χ2v) is 8.30. The van der Waals surface area contributed by atoms with Crippen LogP contribution < -0.4 is 10.6 Å².